The zero-order valence-electron chi connectivity index (χ0n) is 15.5. The van der Waals surface area contributed by atoms with Crippen molar-refractivity contribution >= 4 is 32.0 Å². The van der Waals surface area contributed by atoms with Crippen LogP contribution in [0.4, 0.5) is 5.69 Å². The van der Waals surface area contributed by atoms with Crippen molar-refractivity contribution in [2.24, 2.45) is 0 Å². The van der Waals surface area contributed by atoms with E-state index in [1.54, 1.807) is 4.52 Å². The Kier molecular flexibility index (Phi) is 4.65. The van der Waals surface area contributed by atoms with Crippen LogP contribution in [0.15, 0.2) is 24.3 Å². The van der Waals surface area contributed by atoms with Gasteiger partial charge < -0.3 is 4.90 Å². The normalized spacial score (nSPS) is 18.9. The van der Waals surface area contributed by atoms with E-state index in [0.717, 1.165) is 39.9 Å². The maximum atomic E-state index is 11.9. The van der Waals surface area contributed by atoms with E-state index in [9.17, 15) is 8.42 Å². The number of hydrogen-bond donors (Lipinski definition) is 0. The van der Waals surface area contributed by atoms with Crippen molar-refractivity contribution in [1.29, 1.82) is 0 Å². The summed E-state index contributed by atoms with van der Waals surface area (Å²) in [4.78, 5) is 2.78. The van der Waals surface area contributed by atoms with E-state index in [2.05, 4.69) is 27.2 Å². The summed E-state index contributed by atoms with van der Waals surface area (Å²) in [5.41, 5.74) is 2.14. The van der Waals surface area contributed by atoms with E-state index < -0.39 is 10.0 Å². The molecule has 1 aliphatic heterocycles. The third-order valence-electron chi connectivity index (χ3n) is 4.84. The molecule has 1 atom stereocenters. The standard InChI is InChI=1S/C17H22N6O2S2/c1-21(2)14-8-4-6-12(10-14)16-20-23-15(18-19-17(23)26-16)13-7-5-9-22(11-13)27(3,24)25/h4,6,8,10,13H,5,7,9,11H2,1-3H3. The fourth-order valence-corrected chi connectivity index (χ4v) is 5.13. The summed E-state index contributed by atoms with van der Waals surface area (Å²) in [6.07, 6.45) is 2.96. The minimum atomic E-state index is -3.20. The monoisotopic (exact) mass is 406 g/mol. The van der Waals surface area contributed by atoms with Crippen LogP contribution in [0.2, 0.25) is 0 Å². The third kappa shape index (κ3) is 3.56. The number of nitrogens with zero attached hydrogens (tertiary/aromatic N) is 6. The summed E-state index contributed by atoms with van der Waals surface area (Å²) in [7, 11) is 0.812. The highest BCUT2D eigenvalue weighted by Crippen LogP contribution is 2.31. The minimum absolute atomic E-state index is 0.00605. The van der Waals surface area contributed by atoms with E-state index in [1.165, 1.54) is 21.9 Å². The quantitative estimate of drug-likeness (QED) is 0.659. The van der Waals surface area contributed by atoms with Crippen LogP contribution in [0.5, 0.6) is 0 Å². The lowest BCUT2D eigenvalue weighted by Gasteiger charge is -2.29. The molecule has 4 rings (SSSR count). The zero-order valence-corrected chi connectivity index (χ0v) is 17.2. The molecule has 0 amide bonds. The summed E-state index contributed by atoms with van der Waals surface area (Å²) in [6.45, 7) is 1.000. The van der Waals surface area contributed by atoms with Crippen molar-refractivity contribution in [3.8, 4) is 10.6 Å². The lowest BCUT2D eigenvalue weighted by atomic mass is 9.99. The Balaban J connectivity index is 1.68. The maximum absolute atomic E-state index is 11.9. The molecule has 0 bridgehead atoms. The van der Waals surface area contributed by atoms with Crippen LogP contribution in [0.1, 0.15) is 24.6 Å². The lowest BCUT2D eigenvalue weighted by molar-refractivity contribution is 0.309. The number of hydrogen-bond acceptors (Lipinski definition) is 7. The molecule has 1 aliphatic rings. The average Bonchev–Trinajstić information content (AvgIpc) is 3.22. The van der Waals surface area contributed by atoms with Crippen LogP contribution in [-0.4, -0.2) is 66.0 Å². The Hall–Kier alpha value is -2.04. The van der Waals surface area contributed by atoms with Gasteiger partial charge in [0.1, 0.15) is 5.01 Å². The number of benzene rings is 1. The summed E-state index contributed by atoms with van der Waals surface area (Å²) >= 11 is 1.49. The number of rotatable bonds is 4. The van der Waals surface area contributed by atoms with Gasteiger partial charge in [-0.2, -0.15) is 9.61 Å². The summed E-state index contributed by atoms with van der Waals surface area (Å²) in [6, 6.07) is 8.19. The van der Waals surface area contributed by atoms with Gasteiger partial charge in [0.2, 0.25) is 15.0 Å². The molecule has 144 valence electrons. The van der Waals surface area contributed by atoms with Crippen LogP contribution in [-0.2, 0) is 10.0 Å². The molecule has 1 saturated heterocycles. The highest BCUT2D eigenvalue weighted by atomic mass is 32.2. The summed E-state index contributed by atoms with van der Waals surface area (Å²) in [5.74, 6) is 0.746. The van der Waals surface area contributed by atoms with Crippen LogP contribution in [0.25, 0.3) is 15.5 Å². The maximum Gasteiger partial charge on any atom is 0.234 e. The van der Waals surface area contributed by atoms with Crippen LogP contribution >= 0.6 is 11.3 Å². The first-order valence-electron chi connectivity index (χ1n) is 8.78. The molecule has 1 aromatic carbocycles. The van der Waals surface area contributed by atoms with Crippen LogP contribution in [0.3, 0.4) is 0 Å². The largest absolute Gasteiger partial charge is 0.378 e. The molecule has 0 aliphatic carbocycles. The van der Waals surface area contributed by atoms with E-state index in [1.807, 2.05) is 26.2 Å². The molecule has 8 nitrogen and oxygen atoms in total. The Morgan fingerprint density at radius 1 is 1.26 bits per heavy atom. The molecule has 10 heteroatoms. The van der Waals surface area contributed by atoms with E-state index in [4.69, 9.17) is 5.10 Å². The number of piperidine rings is 1. The van der Waals surface area contributed by atoms with Crippen LogP contribution in [0, 0.1) is 0 Å². The first-order valence-corrected chi connectivity index (χ1v) is 11.4. The highest BCUT2D eigenvalue weighted by molar-refractivity contribution is 7.88. The van der Waals surface area contributed by atoms with Crippen molar-refractivity contribution < 1.29 is 8.42 Å². The Morgan fingerprint density at radius 2 is 2.07 bits per heavy atom. The molecule has 3 heterocycles. The summed E-state index contributed by atoms with van der Waals surface area (Å²) in [5, 5.41) is 14.2. The van der Waals surface area contributed by atoms with Crippen molar-refractivity contribution in [1.82, 2.24) is 24.1 Å². The molecule has 0 spiro atoms. The van der Waals surface area contributed by atoms with Gasteiger partial charge in [-0.15, -0.1) is 10.2 Å². The Labute approximate surface area is 162 Å². The molecular weight excluding hydrogens is 384 g/mol. The second kappa shape index (κ2) is 6.84. The molecule has 0 saturated carbocycles. The lowest BCUT2D eigenvalue weighted by Crippen LogP contribution is -2.38. The number of sulfonamides is 1. The van der Waals surface area contributed by atoms with Gasteiger partial charge in [0.05, 0.1) is 6.26 Å². The topological polar surface area (TPSA) is 83.7 Å². The Morgan fingerprint density at radius 3 is 2.81 bits per heavy atom. The van der Waals surface area contributed by atoms with Gasteiger partial charge in [-0.1, -0.05) is 23.5 Å². The van der Waals surface area contributed by atoms with Gasteiger partial charge >= 0.3 is 0 Å². The third-order valence-corrected chi connectivity index (χ3v) is 7.06. The highest BCUT2D eigenvalue weighted by Gasteiger charge is 2.30. The molecule has 1 unspecified atom stereocenters. The van der Waals surface area contributed by atoms with Gasteiger partial charge in [-0.3, -0.25) is 0 Å². The fraction of sp³-hybridized carbons (Fsp3) is 0.471. The van der Waals surface area contributed by atoms with Crippen LogP contribution < -0.4 is 4.90 Å². The minimum Gasteiger partial charge on any atom is -0.378 e. The van der Waals surface area contributed by atoms with E-state index >= 15 is 0 Å². The Bertz CT molecular complexity index is 1070. The van der Waals surface area contributed by atoms with Crippen molar-refractivity contribution in [3.05, 3.63) is 30.1 Å². The number of aromatic nitrogens is 4. The molecule has 1 fully saturated rings. The molecule has 2 aromatic heterocycles. The first-order chi connectivity index (χ1) is 12.8. The fourth-order valence-electron chi connectivity index (χ4n) is 3.37. The predicted molar refractivity (Wildman–Crippen MR) is 107 cm³/mol. The second-order valence-electron chi connectivity index (χ2n) is 7.06. The van der Waals surface area contributed by atoms with Gasteiger partial charge in [0, 0.05) is 44.4 Å². The van der Waals surface area contributed by atoms with Gasteiger partial charge in [0.15, 0.2) is 5.82 Å². The molecule has 0 radical (unpaired) electrons. The van der Waals surface area contributed by atoms with Crippen molar-refractivity contribution in [2.75, 3.05) is 38.3 Å². The average molecular weight is 407 g/mol. The smallest absolute Gasteiger partial charge is 0.234 e. The predicted octanol–water partition coefficient (Wildman–Crippen LogP) is 2.06. The number of anilines is 1. The van der Waals surface area contributed by atoms with Crippen molar-refractivity contribution in [2.45, 2.75) is 18.8 Å². The summed E-state index contributed by atoms with van der Waals surface area (Å²) < 4.78 is 27.1. The molecular formula is C17H22N6O2S2. The molecule has 3 aromatic rings. The van der Waals surface area contributed by atoms with E-state index in [-0.39, 0.29) is 5.92 Å². The van der Waals surface area contributed by atoms with E-state index in [0.29, 0.717) is 13.1 Å². The first kappa shape index (κ1) is 18.3. The van der Waals surface area contributed by atoms with Gasteiger partial charge in [0.25, 0.3) is 0 Å². The SMILES string of the molecule is CN(C)c1cccc(-c2nn3c(C4CCCN(S(C)(=O)=O)C4)nnc3s2)c1. The van der Waals surface area contributed by atoms with Gasteiger partial charge in [-0.05, 0) is 25.0 Å². The van der Waals surface area contributed by atoms with Gasteiger partial charge in [-0.25, -0.2) is 12.7 Å². The zero-order chi connectivity index (χ0) is 19.2. The molecule has 0 N–H and O–H groups in total. The second-order valence-corrected chi connectivity index (χ2v) is 10.0. The number of fused-ring (bicyclic) bond motifs is 1. The molecule has 27 heavy (non-hydrogen) atoms. The van der Waals surface area contributed by atoms with Crippen molar-refractivity contribution in [3.63, 3.8) is 0 Å².